The van der Waals surface area contributed by atoms with E-state index in [2.05, 4.69) is 15.1 Å². The van der Waals surface area contributed by atoms with E-state index >= 15 is 0 Å². The first kappa shape index (κ1) is 21.9. The Kier molecular flexibility index (Phi) is 6.22. The highest BCUT2D eigenvalue weighted by Crippen LogP contribution is 2.31. The van der Waals surface area contributed by atoms with Crippen LogP contribution in [0.5, 0.6) is 0 Å². The fourth-order valence-electron chi connectivity index (χ4n) is 3.01. The van der Waals surface area contributed by atoms with Gasteiger partial charge in [-0.2, -0.15) is 4.98 Å². The number of rotatable bonds is 4. The van der Waals surface area contributed by atoms with Gasteiger partial charge >= 0.3 is 0 Å². The molecule has 0 bridgehead atoms. The predicted molar refractivity (Wildman–Crippen MR) is 114 cm³/mol. The van der Waals surface area contributed by atoms with Crippen molar-refractivity contribution in [3.63, 3.8) is 0 Å². The Bertz CT molecular complexity index is 1180. The van der Waals surface area contributed by atoms with E-state index in [0.29, 0.717) is 33.3 Å². The molecular weight excluding hydrogens is 410 g/mol. The molecule has 0 atom stereocenters. The third-order valence-corrected chi connectivity index (χ3v) is 4.88. The summed E-state index contributed by atoms with van der Waals surface area (Å²) in [5, 5.41) is 4.52. The first-order chi connectivity index (χ1) is 14.3. The molecule has 3 heterocycles. The number of pyridine rings is 1. The van der Waals surface area contributed by atoms with E-state index in [4.69, 9.17) is 16.1 Å². The lowest BCUT2D eigenvalue weighted by atomic mass is 10.1. The molecule has 0 aliphatic carbocycles. The Morgan fingerprint density at radius 1 is 1.13 bits per heavy atom. The lowest BCUT2D eigenvalue weighted by Crippen LogP contribution is -2.08. The average Bonchev–Trinajstić information content (AvgIpc) is 3.36. The van der Waals surface area contributed by atoms with Gasteiger partial charge in [-0.3, -0.25) is 0 Å². The number of aromatic nitrogens is 4. The summed E-state index contributed by atoms with van der Waals surface area (Å²) in [6.07, 6.45) is 3.82. The number of nitrogens with zero attached hydrogens (tertiary/aromatic N) is 4. The van der Waals surface area contributed by atoms with Crippen molar-refractivity contribution in [1.82, 2.24) is 19.5 Å². The van der Waals surface area contributed by atoms with Crippen molar-refractivity contribution < 1.29 is 13.3 Å². The Hall–Kier alpha value is -2.80. The Balaban J connectivity index is 0.00000124. The van der Waals surface area contributed by atoms with Crippen LogP contribution in [-0.4, -0.2) is 19.5 Å². The summed E-state index contributed by atoms with van der Waals surface area (Å²) >= 11 is 6.33. The summed E-state index contributed by atoms with van der Waals surface area (Å²) in [5.74, 6) is -2.40. The number of aryl methyl sites for hydroxylation is 2. The third kappa shape index (κ3) is 4.21. The van der Waals surface area contributed by atoms with E-state index in [1.807, 2.05) is 39.0 Å². The second-order valence-electron chi connectivity index (χ2n) is 6.75. The van der Waals surface area contributed by atoms with Gasteiger partial charge in [0.05, 0.1) is 5.02 Å². The molecule has 4 rings (SSSR count). The fourth-order valence-corrected chi connectivity index (χ4v) is 3.30. The number of alkyl halides is 2. The standard InChI is InChI=1S/C20H17ClF2N4O.C2H6/c1-4-12-5-6-14(15(21)8-12)17-25-19(28-26-17)16-10-27-9-13(20(3,22)23)7-11(2)18(27)24-16;1-2/h5-10H,4H2,1-3H3;1-2H3. The molecular formula is C22H23ClF2N4O. The Labute approximate surface area is 178 Å². The number of hydrogen-bond acceptors (Lipinski definition) is 4. The largest absolute Gasteiger partial charge is 0.332 e. The quantitative estimate of drug-likeness (QED) is 0.359. The number of benzene rings is 1. The summed E-state index contributed by atoms with van der Waals surface area (Å²) in [7, 11) is 0. The smallest absolute Gasteiger partial charge is 0.278 e. The molecule has 0 radical (unpaired) electrons. The number of fused-ring (bicyclic) bond motifs is 1. The Morgan fingerprint density at radius 2 is 1.87 bits per heavy atom. The van der Waals surface area contributed by atoms with Crippen LogP contribution in [0.2, 0.25) is 5.02 Å². The minimum Gasteiger partial charge on any atom is -0.332 e. The minimum atomic E-state index is -2.94. The first-order valence-electron chi connectivity index (χ1n) is 9.77. The van der Waals surface area contributed by atoms with Gasteiger partial charge in [-0.05, 0) is 42.7 Å². The zero-order chi connectivity index (χ0) is 22.1. The summed E-state index contributed by atoms with van der Waals surface area (Å²) in [6.45, 7) is 8.64. The minimum absolute atomic E-state index is 0.0875. The van der Waals surface area contributed by atoms with Crippen LogP contribution < -0.4 is 0 Å². The van der Waals surface area contributed by atoms with Crippen LogP contribution in [0.25, 0.3) is 28.6 Å². The van der Waals surface area contributed by atoms with Gasteiger partial charge in [0.15, 0.2) is 0 Å². The van der Waals surface area contributed by atoms with E-state index in [1.165, 1.54) is 12.3 Å². The van der Waals surface area contributed by atoms with Crippen LogP contribution in [0.4, 0.5) is 8.78 Å². The summed E-state index contributed by atoms with van der Waals surface area (Å²) < 4.78 is 34.3. The van der Waals surface area contributed by atoms with Crippen LogP contribution in [0.3, 0.4) is 0 Å². The molecule has 4 aromatic rings. The molecule has 3 aromatic heterocycles. The van der Waals surface area contributed by atoms with E-state index in [9.17, 15) is 8.78 Å². The van der Waals surface area contributed by atoms with Crippen LogP contribution in [0.1, 0.15) is 44.4 Å². The van der Waals surface area contributed by atoms with Crippen molar-refractivity contribution in [2.75, 3.05) is 0 Å². The topological polar surface area (TPSA) is 56.2 Å². The van der Waals surface area contributed by atoms with E-state index in [0.717, 1.165) is 18.9 Å². The van der Waals surface area contributed by atoms with E-state index in [1.54, 1.807) is 17.5 Å². The molecule has 0 unspecified atom stereocenters. The van der Waals surface area contributed by atoms with Gasteiger partial charge in [-0.15, -0.1) is 0 Å². The van der Waals surface area contributed by atoms with Crippen molar-refractivity contribution in [1.29, 1.82) is 0 Å². The molecule has 30 heavy (non-hydrogen) atoms. The average molecular weight is 433 g/mol. The highest BCUT2D eigenvalue weighted by molar-refractivity contribution is 6.33. The number of hydrogen-bond donors (Lipinski definition) is 0. The molecule has 0 saturated carbocycles. The molecule has 0 amide bonds. The van der Waals surface area contributed by atoms with Crippen molar-refractivity contribution in [2.24, 2.45) is 0 Å². The SMILES string of the molecule is CC.CCc1ccc(-c2noc(-c3cn4cc(C(C)(F)F)cc(C)c4n3)n2)c(Cl)c1. The molecule has 158 valence electrons. The van der Waals surface area contributed by atoms with Crippen LogP contribution in [0, 0.1) is 6.92 Å². The van der Waals surface area contributed by atoms with Gasteiger partial charge in [0.25, 0.3) is 11.8 Å². The van der Waals surface area contributed by atoms with Crippen molar-refractivity contribution in [3.8, 4) is 23.0 Å². The normalized spacial score (nSPS) is 11.5. The zero-order valence-corrected chi connectivity index (χ0v) is 18.3. The first-order valence-corrected chi connectivity index (χ1v) is 10.1. The molecule has 0 aliphatic rings. The number of imidazole rings is 1. The molecule has 0 aliphatic heterocycles. The van der Waals surface area contributed by atoms with Gasteiger partial charge in [0, 0.05) is 30.4 Å². The van der Waals surface area contributed by atoms with E-state index < -0.39 is 5.92 Å². The highest BCUT2D eigenvalue weighted by atomic mass is 35.5. The van der Waals surface area contributed by atoms with Crippen LogP contribution in [-0.2, 0) is 12.3 Å². The van der Waals surface area contributed by atoms with Crippen molar-refractivity contribution in [3.05, 3.63) is 58.4 Å². The van der Waals surface area contributed by atoms with E-state index in [-0.39, 0.29) is 11.5 Å². The molecule has 8 heteroatoms. The van der Waals surface area contributed by atoms with Crippen molar-refractivity contribution in [2.45, 2.75) is 47.0 Å². The summed E-state index contributed by atoms with van der Waals surface area (Å²) in [4.78, 5) is 8.83. The highest BCUT2D eigenvalue weighted by Gasteiger charge is 2.26. The molecule has 0 spiro atoms. The van der Waals surface area contributed by atoms with Gasteiger partial charge in [-0.25, -0.2) is 13.8 Å². The third-order valence-electron chi connectivity index (χ3n) is 4.57. The summed E-state index contributed by atoms with van der Waals surface area (Å²) in [6, 6.07) is 7.10. The molecule has 1 aromatic carbocycles. The lowest BCUT2D eigenvalue weighted by Gasteiger charge is -2.11. The predicted octanol–water partition coefficient (Wildman–Crippen LogP) is 6.71. The van der Waals surface area contributed by atoms with Crippen LogP contribution in [0.15, 0.2) is 41.2 Å². The van der Waals surface area contributed by atoms with Crippen LogP contribution >= 0.6 is 11.6 Å². The van der Waals surface area contributed by atoms with Gasteiger partial charge in [0.1, 0.15) is 11.3 Å². The fraction of sp³-hybridized carbons (Fsp3) is 0.318. The number of halogens is 3. The maximum absolute atomic E-state index is 13.7. The lowest BCUT2D eigenvalue weighted by molar-refractivity contribution is 0.0170. The second kappa shape index (κ2) is 8.52. The zero-order valence-electron chi connectivity index (χ0n) is 17.5. The maximum Gasteiger partial charge on any atom is 0.278 e. The Morgan fingerprint density at radius 3 is 2.50 bits per heavy atom. The maximum atomic E-state index is 13.7. The summed E-state index contributed by atoms with van der Waals surface area (Å²) in [5.41, 5.74) is 3.25. The second-order valence-corrected chi connectivity index (χ2v) is 7.16. The van der Waals surface area contributed by atoms with Gasteiger partial charge in [-0.1, -0.05) is 43.6 Å². The molecule has 0 N–H and O–H groups in total. The molecule has 0 fully saturated rings. The monoisotopic (exact) mass is 432 g/mol. The molecule has 5 nitrogen and oxygen atoms in total. The van der Waals surface area contributed by atoms with Gasteiger partial charge < -0.3 is 8.92 Å². The van der Waals surface area contributed by atoms with Crippen molar-refractivity contribution >= 4 is 17.2 Å². The van der Waals surface area contributed by atoms with Gasteiger partial charge in [0.2, 0.25) is 5.82 Å². The molecule has 0 saturated heterocycles.